The normalized spacial score (nSPS) is 12.4. The van der Waals surface area contributed by atoms with Crippen LogP contribution in [-0.4, -0.2) is 0 Å². The van der Waals surface area contributed by atoms with Crippen LogP contribution in [0.2, 0.25) is 0 Å². The molecule has 0 N–H and O–H groups in total. The lowest BCUT2D eigenvalue weighted by molar-refractivity contribution is -0.661. The monoisotopic (exact) mass is 1420 g/mol. The molecule has 16 rings (SSSR count). The first-order chi connectivity index (χ1) is 51.4. The number of rotatable bonds is 12. The number of nitrogens with zero attached hydrogens (tertiary/aromatic N) is 4. The Labute approximate surface area is 649 Å². The Morgan fingerprint density at radius 1 is 0.241 bits per heavy atom. The lowest BCUT2D eigenvalue weighted by Gasteiger charge is -2.16. The summed E-state index contributed by atoms with van der Waals surface area (Å²) in [6, 6.07) is 55.4. The van der Waals surface area contributed by atoms with E-state index in [9.17, 15) is 0 Å². The van der Waals surface area contributed by atoms with Crippen molar-refractivity contribution in [2.45, 2.75) is 190 Å². The van der Waals surface area contributed by atoms with Gasteiger partial charge in [0, 0.05) is 46.5 Å². The molecule has 0 aliphatic heterocycles. The predicted molar refractivity (Wildman–Crippen MR) is 456 cm³/mol. The molecule has 0 spiro atoms. The van der Waals surface area contributed by atoms with E-state index in [2.05, 4.69) is 355 Å². The summed E-state index contributed by atoms with van der Waals surface area (Å²) < 4.78 is 9.27. The van der Waals surface area contributed by atoms with Crippen molar-refractivity contribution < 1.29 is 18.3 Å². The number of fused-ring (bicyclic) bond motifs is 12. The van der Waals surface area contributed by atoms with Crippen molar-refractivity contribution in [3.05, 3.63) is 304 Å². The summed E-state index contributed by atoms with van der Waals surface area (Å²) in [5.41, 5.74) is 56.7. The van der Waals surface area contributed by atoms with Gasteiger partial charge in [-0.05, 0) is 303 Å². The summed E-state index contributed by atoms with van der Waals surface area (Å²) in [6.07, 6.45) is 17.9. The summed E-state index contributed by atoms with van der Waals surface area (Å²) >= 11 is 0. The lowest BCUT2D eigenvalue weighted by atomic mass is 9.89. The van der Waals surface area contributed by atoms with Crippen LogP contribution < -0.4 is 18.3 Å². The Hall–Kier alpha value is -9.64. The average Bonchev–Trinajstić information content (AvgIpc) is 1.59. The minimum Gasteiger partial charge on any atom is -0.201 e. The summed E-state index contributed by atoms with van der Waals surface area (Å²) in [6.45, 7) is 45.3. The number of aromatic nitrogens is 4. The van der Waals surface area contributed by atoms with Gasteiger partial charge in [0.25, 0.3) is 0 Å². The van der Waals surface area contributed by atoms with Crippen molar-refractivity contribution in [3.63, 3.8) is 0 Å². The van der Waals surface area contributed by atoms with Gasteiger partial charge in [0.1, 0.15) is 28.2 Å². The molecule has 4 heterocycles. The largest absolute Gasteiger partial charge is 0.213 e. The number of aryl methyl sites for hydroxylation is 16. The molecular formula is C104H120N4+4. The van der Waals surface area contributed by atoms with Gasteiger partial charge in [-0.15, -0.1) is 0 Å². The summed E-state index contributed by atoms with van der Waals surface area (Å²) in [4.78, 5) is 0. The minimum absolute atomic E-state index is 0.665. The molecule has 4 heteroatoms. The van der Waals surface area contributed by atoms with E-state index in [-0.39, 0.29) is 0 Å². The van der Waals surface area contributed by atoms with E-state index in [1.165, 1.54) is 223 Å². The van der Waals surface area contributed by atoms with Crippen LogP contribution in [0.4, 0.5) is 0 Å². The van der Waals surface area contributed by atoms with Gasteiger partial charge in [-0.1, -0.05) is 188 Å². The van der Waals surface area contributed by atoms with Gasteiger partial charge in [-0.2, -0.15) is 0 Å². The smallest absolute Gasteiger partial charge is 0.201 e. The summed E-state index contributed by atoms with van der Waals surface area (Å²) in [5, 5.41) is 0. The molecule has 0 unspecified atom stereocenters. The predicted octanol–water partition coefficient (Wildman–Crippen LogP) is 23.5. The molecule has 0 bridgehead atoms. The van der Waals surface area contributed by atoms with Crippen molar-refractivity contribution in [2.75, 3.05) is 0 Å². The van der Waals surface area contributed by atoms with Crippen LogP contribution in [0, 0.1) is 107 Å². The summed E-state index contributed by atoms with van der Waals surface area (Å²) in [7, 11) is 8.75. The molecule has 4 aromatic heterocycles. The molecule has 4 aliphatic rings. The van der Waals surface area contributed by atoms with E-state index in [1.54, 1.807) is 0 Å². The minimum atomic E-state index is 0.665. The molecule has 0 saturated heterocycles. The van der Waals surface area contributed by atoms with Crippen LogP contribution in [0.1, 0.15) is 189 Å². The molecule has 0 atom stereocenters. The maximum atomic E-state index is 2.44. The average molecular weight is 1430 g/mol. The summed E-state index contributed by atoms with van der Waals surface area (Å²) in [5.74, 6) is 2.66. The van der Waals surface area contributed by atoms with Crippen LogP contribution in [0.25, 0.3) is 89.5 Å². The first kappa shape index (κ1) is 76.6. The number of benzene rings is 8. The van der Waals surface area contributed by atoms with E-state index >= 15 is 0 Å². The highest BCUT2D eigenvalue weighted by atomic mass is 14.9. The van der Waals surface area contributed by atoms with Crippen molar-refractivity contribution >= 4 is 0 Å². The third-order valence-electron chi connectivity index (χ3n) is 23.8. The molecule has 0 fully saturated rings. The second kappa shape index (κ2) is 31.1. The zero-order chi connectivity index (χ0) is 77.2. The molecule has 4 aliphatic carbocycles. The van der Waals surface area contributed by atoms with E-state index < -0.39 is 0 Å². The topological polar surface area (TPSA) is 15.5 Å². The Morgan fingerprint density at radius 2 is 0.583 bits per heavy atom. The SMILES string of the molecule is Cc1c[n+](C)c(-c2c(C)cc(C)c3c2Cc2ccccc2-3)cc1CC(C)C.Cc1c[n+](C)c(-c2c(C)ccc3c2Cc2cccc(C)c2-3)cc1CC(C)C.Cc1ccc2c(c1)-c1ccc(C)c(-c3cc(CC(C)C)c(C)c[n+]3C)c1C2.Cc1ccc2c(c1)Cc1c-2ccc(C)c1-c1cc(CC(C)C)c(C)c[n+]1C. The molecule has 0 radical (unpaired) electrons. The van der Waals surface area contributed by atoms with Crippen LogP contribution in [0.5, 0.6) is 0 Å². The van der Waals surface area contributed by atoms with Crippen molar-refractivity contribution in [2.24, 2.45) is 51.9 Å². The number of pyridine rings is 4. The second-order valence-electron chi connectivity index (χ2n) is 34.7. The molecule has 8 aromatic carbocycles. The lowest BCUT2D eigenvalue weighted by Crippen LogP contribution is -2.32. The molecule has 108 heavy (non-hydrogen) atoms. The Balaban J connectivity index is 0.000000127. The zero-order valence-electron chi connectivity index (χ0n) is 69.9. The first-order valence-corrected chi connectivity index (χ1v) is 40.3. The van der Waals surface area contributed by atoms with Gasteiger partial charge in [0.15, 0.2) is 24.8 Å². The molecule has 552 valence electrons. The number of hydrogen-bond acceptors (Lipinski definition) is 0. The fourth-order valence-corrected chi connectivity index (χ4v) is 18.7. The van der Waals surface area contributed by atoms with Gasteiger partial charge in [-0.3, -0.25) is 0 Å². The van der Waals surface area contributed by atoms with Crippen LogP contribution in [0.3, 0.4) is 0 Å². The Morgan fingerprint density at radius 3 is 1.06 bits per heavy atom. The molecular weight excluding hydrogens is 1310 g/mol. The number of hydrogen-bond donors (Lipinski definition) is 0. The highest BCUT2D eigenvalue weighted by Gasteiger charge is 2.33. The quantitative estimate of drug-likeness (QED) is 0.108. The maximum absolute atomic E-state index is 2.44. The van der Waals surface area contributed by atoms with Gasteiger partial charge >= 0.3 is 0 Å². The van der Waals surface area contributed by atoms with Gasteiger partial charge in [-0.25, -0.2) is 18.3 Å². The molecule has 0 saturated carbocycles. The van der Waals surface area contributed by atoms with Crippen molar-refractivity contribution in [1.82, 2.24) is 0 Å². The molecule has 4 nitrogen and oxygen atoms in total. The highest BCUT2D eigenvalue weighted by Crippen LogP contribution is 2.49. The second-order valence-corrected chi connectivity index (χ2v) is 34.7. The van der Waals surface area contributed by atoms with Crippen LogP contribution >= 0.6 is 0 Å². The van der Waals surface area contributed by atoms with E-state index in [0.717, 1.165) is 51.4 Å². The van der Waals surface area contributed by atoms with Crippen molar-refractivity contribution in [3.8, 4) is 89.5 Å². The van der Waals surface area contributed by atoms with Gasteiger partial charge < -0.3 is 0 Å². The Kier molecular flexibility index (Phi) is 22.1. The van der Waals surface area contributed by atoms with Crippen molar-refractivity contribution in [1.29, 1.82) is 0 Å². The first-order valence-electron chi connectivity index (χ1n) is 40.3. The van der Waals surface area contributed by atoms with E-state index in [4.69, 9.17) is 0 Å². The zero-order valence-corrected chi connectivity index (χ0v) is 69.9. The standard InChI is InChI=1S/4C26H30N/c1-16(2)11-20-14-25(27(6)15-19(20)5)26-18(4)8-10-23-22-9-7-17(3)12-21(22)13-24(23)26;1-16(2)11-21-14-25(27(6)15-19(21)5)26-18(4)8-10-22-23-12-17(3)7-9-20(23)13-24(22)26;1-16(2)12-21-14-24(27(6)15-19(21)5)26-18(4)10-11-22-23(26)13-20-9-7-8-17(3)25(20)22;1-16(2)11-21-14-24(27(6)15-19(21)5)26-18(4)12-17(3)25-22-10-8-7-9-20(22)13-23(25)26/h2*7-10,12,14-16H,11,13H2,1-6H3;7-11,14-16H,12-13H2,1-6H3;7-10,12,14-16H,11,13H2,1-6H3/q4*+1. The highest BCUT2D eigenvalue weighted by molar-refractivity contribution is 5.90. The van der Waals surface area contributed by atoms with Gasteiger partial charge in [0.2, 0.25) is 22.8 Å². The van der Waals surface area contributed by atoms with E-state index in [0.29, 0.717) is 23.7 Å². The van der Waals surface area contributed by atoms with Crippen LogP contribution in [0.15, 0.2) is 170 Å². The van der Waals surface area contributed by atoms with E-state index in [1.807, 2.05) is 0 Å². The fourth-order valence-electron chi connectivity index (χ4n) is 18.7. The third-order valence-corrected chi connectivity index (χ3v) is 23.8. The third kappa shape index (κ3) is 15.2. The maximum Gasteiger partial charge on any atom is 0.213 e. The Bertz CT molecular complexity index is 5530. The van der Waals surface area contributed by atoms with Gasteiger partial charge in [0.05, 0.1) is 22.3 Å². The fraction of sp³-hybridized carbons (Fsp3) is 0.346. The molecule has 12 aromatic rings. The molecule has 0 amide bonds. The van der Waals surface area contributed by atoms with Crippen LogP contribution in [-0.2, 0) is 79.6 Å².